The lowest BCUT2D eigenvalue weighted by molar-refractivity contribution is -0.134. The van der Waals surface area contributed by atoms with Crippen molar-refractivity contribution in [3.63, 3.8) is 0 Å². The summed E-state index contributed by atoms with van der Waals surface area (Å²) in [5, 5.41) is 1.02. The Kier molecular flexibility index (Phi) is 3.54. The predicted octanol–water partition coefficient (Wildman–Crippen LogP) is 3.18. The van der Waals surface area contributed by atoms with Crippen LogP contribution in [0.15, 0.2) is 41.0 Å². The molecule has 86 valence electrons. The summed E-state index contributed by atoms with van der Waals surface area (Å²) in [4.78, 5) is 15.3. The number of hydrogen-bond acceptors (Lipinski definition) is 3. The van der Waals surface area contributed by atoms with Crippen LogP contribution >= 0.6 is 15.9 Å². The molecule has 0 fully saturated rings. The summed E-state index contributed by atoms with van der Waals surface area (Å²) < 4.78 is 5.53. The number of fused-ring (bicyclic) bond motifs is 1. The number of pyridine rings is 1. The number of aromatic nitrogens is 1. The van der Waals surface area contributed by atoms with Crippen molar-refractivity contribution in [1.82, 2.24) is 4.98 Å². The molecule has 0 saturated carbocycles. The molecular formula is C13H10BrNO2. The number of esters is 1. The molecule has 0 aliphatic rings. The smallest absolute Gasteiger partial charge is 0.330 e. The number of ether oxygens (including phenoxy) is 1. The fourth-order valence-electron chi connectivity index (χ4n) is 1.44. The molecule has 2 rings (SSSR count). The topological polar surface area (TPSA) is 39.2 Å². The highest BCUT2D eigenvalue weighted by atomic mass is 79.9. The van der Waals surface area contributed by atoms with E-state index in [1.807, 2.05) is 24.3 Å². The van der Waals surface area contributed by atoms with Crippen LogP contribution in [0.1, 0.15) is 5.56 Å². The summed E-state index contributed by atoms with van der Waals surface area (Å²) in [6.07, 6.45) is 4.77. The van der Waals surface area contributed by atoms with E-state index in [-0.39, 0.29) is 5.97 Å². The van der Waals surface area contributed by atoms with Gasteiger partial charge in [0.2, 0.25) is 0 Å². The number of carbonyl (C=O) groups is 1. The van der Waals surface area contributed by atoms with Crippen LogP contribution in [-0.2, 0) is 9.53 Å². The van der Waals surface area contributed by atoms with Gasteiger partial charge in [-0.2, -0.15) is 0 Å². The lowest BCUT2D eigenvalue weighted by atomic mass is 10.1. The van der Waals surface area contributed by atoms with E-state index in [4.69, 9.17) is 0 Å². The molecule has 0 saturated heterocycles. The van der Waals surface area contributed by atoms with Gasteiger partial charge in [0.15, 0.2) is 0 Å². The fraction of sp³-hybridized carbons (Fsp3) is 0.0769. The minimum atomic E-state index is -0.376. The molecule has 0 atom stereocenters. The van der Waals surface area contributed by atoms with Crippen molar-refractivity contribution in [2.24, 2.45) is 0 Å². The summed E-state index contributed by atoms with van der Waals surface area (Å²) >= 11 is 3.41. The van der Waals surface area contributed by atoms with Gasteiger partial charge in [-0.1, -0.05) is 15.9 Å². The lowest BCUT2D eigenvalue weighted by Gasteiger charge is -1.99. The molecule has 0 aliphatic carbocycles. The minimum absolute atomic E-state index is 0.376. The van der Waals surface area contributed by atoms with Gasteiger partial charge in [0.25, 0.3) is 0 Å². The number of rotatable bonds is 2. The molecule has 0 radical (unpaired) electrons. The monoisotopic (exact) mass is 291 g/mol. The minimum Gasteiger partial charge on any atom is -0.466 e. The van der Waals surface area contributed by atoms with Crippen LogP contribution in [-0.4, -0.2) is 18.1 Å². The Morgan fingerprint density at radius 1 is 1.41 bits per heavy atom. The zero-order chi connectivity index (χ0) is 12.3. The Bertz CT molecular complexity index is 593. The molecule has 0 amide bonds. The molecule has 1 aromatic carbocycles. The second-order valence-corrected chi connectivity index (χ2v) is 4.38. The van der Waals surface area contributed by atoms with Gasteiger partial charge in [-0.15, -0.1) is 0 Å². The first kappa shape index (κ1) is 11.8. The van der Waals surface area contributed by atoms with Gasteiger partial charge < -0.3 is 4.74 Å². The second kappa shape index (κ2) is 5.10. The van der Waals surface area contributed by atoms with Crippen LogP contribution < -0.4 is 0 Å². The van der Waals surface area contributed by atoms with E-state index in [1.54, 1.807) is 12.3 Å². The third kappa shape index (κ3) is 2.91. The number of nitrogens with zero attached hydrogens (tertiary/aromatic N) is 1. The summed E-state index contributed by atoms with van der Waals surface area (Å²) in [6.45, 7) is 0. The van der Waals surface area contributed by atoms with Crippen LogP contribution in [0.3, 0.4) is 0 Å². The highest BCUT2D eigenvalue weighted by Gasteiger charge is 1.98. The Labute approximate surface area is 107 Å². The van der Waals surface area contributed by atoms with Gasteiger partial charge >= 0.3 is 5.97 Å². The predicted molar refractivity (Wildman–Crippen MR) is 70.5 cm³/mol. The maximum atomic E-state index is 11.0. The van der Waals surface area contributed by atoms with E-state index in [2.05, 4.69) is 25.7 Å². The van der Waals surface area contributed by atoms with Crippen molar-refractivity contribution in [3.8, 4) is 0 Å². The third-order valence-corrected chi connectivity index (χ3v) is 2.77. The maximum absolute atomic E-state index is 11.0. The summed E-state index contributed by atoms with van der Waals surface area (Å²) in [5.74, 6) is -0.376. The first-order valence-corrected chi connectivity index (χ1v) is 5.80. The molecule has 0 aliphatic heterocycles. The number of carbonyl (C=O) groups excluding carboxylic acids is 1. The van der Waals surface area contributed by atoms with Crippen molar-refractivity contribution >= 4 is 38.9 Å². The fourth-order valence-corrected chi connectivity index (χ4v) is 1.82. The number of hydrogen-bond donors (Lipinski definition) is 0. The number of methoxy groups -OCH3 is 1. The van der Waals surface area contributed by atoms with Gasteiger partial charge in [-0.05, 0) is 35.9 Å². The van der Waals surface area contributed by atoms with Crippen LogP contribution in [0, 0.1) is 0 Å². The van der Waals surface area contributed by atoms with Gasteiger partial charge in [0.1, 0.15) is 0 Å². The van der Waals surface area contributed by atoms with E-state index in [0.717, 1.165) is 20.9 Å². The highest BCUT2D eigenvalue weighted by Crippen LogP contribution is 2.19. The Morgan fingerprint density at radius 2 is 2.24 bits per heavy atom. The highest BCUT2D eigenvalue weighted by molar-refractivity contribution is 9.10. The third-order valence-electron chi connectivity index (χ3n) is 2.28. The average molecular weight is 292 g/mol. The summed E-state index contributed by atoms with van der Waals surface area (Å²) in [5.41, 5.74) is 1.78. The molecule has 0 unspecified atom stereocenters. The van der Waals surface area contributed by atoms with E-state index >= 15 is 0 Å². The first-order chi connectivity index (χ1) is 8.19. The second-order valence-electron chi connectivity index (χ2n) is 3.46. The van der Waals surface area contributed by atoms with Gasteiger partial charge in [0.05, 0.1) is 12.6 Å². The Morgan fingerprint density at radius 3 is 3.00 bits per heavy atom. The molecule has 4 heteroatoms. The molecular weight excluding hydrogens is 282 g/mol. The van der Waals surface area contributed by atoms with Crippen LogP contribution in [0.2, 0.25) is 0 Å². The molecule has 1 aromatic heterocycles. The Hall–Kier alpha value is -1.68. The molecule has 0 N–H and O–H groups in total. The molecule has 0 bridgehead atoms. The quantitative estimate of drug-likeness (QED) is 0.630. The van der Waals surface area contributed by atoms with E-state index in [1.165, 1.54) is 13.2 Å². The summed E-state index contributed by atoms with van der Waals surface area (Å²) in [6, 6.07) is 7.83. The van der Waals surface area contributed by atoms with Crippen molar-refractivity contribution in [1.29, 1.82) is 0 Å². The molecule has 3 nitrogen and oxygen atoms in total. The van der Waals surface area contributed by atoms with Crippen LogP contribution in [0.5, 0.6) is 0 Å². The van der Waals surface area contributed by atoms with E-state index < -0.39 is 0 Å². The molecule has 0 spiro atoms. The van der Waals surface area contributed by atoms with Crippen molar-refractivity contribution in [3.05, 3.63) is 46.6 Å². The zero-order valence-electron chi connectivity index (χ0n) is 9.18. The molecule has 2 aromatic rings. The summed E-state index contributed by atoms with van der Waals surface area (Å²) in [7, 11) is 1.35. The average Bonchev–Trinajstić information content (AvgIpc) is 2.35. The van der Waals surface area contributed by atoms with Crippen molar-refractivity contribution in [2.75, 3.05) is 7.11 Å². The largest absolute Gasteiger partial charge is 0.466 e. The zero-order valence-corrected chi connectivity index (χ0v) is 10.8. The van der Waals surface area contributed by atoms with Crippen molar-refractivity contribution < 1.29 is 9.53 Å². The van der Waals surface area contributed by atoms with Gasteiger partial charge in [-0.3, -0.25) is 4.98 Å². The van der Waals surface area contributed by atoms with E-state index in [9.17, 15) is 4.79 Å². The van der Waals surface area contributed by atoms with Crippen molar-refractivity contribution in [2.45, 2.75) is 0 Å². The molecule has 1 heterocycles. The van der Waals surface area contributed by atoms with Gasteiger partial charge in [-0.25, -0.2) is 4.79 Å². The first-order valence-electron chi connectivity index (χ1n) is 5.00. The lowest BCUT2D eigenvalue weighted by Crippen LogP contribution is -1.93. The number of benzene rings is 1. The van der Waals surface area contributed by atoms with Crippen LogP contribution in [0.4, 0.5) is 0 Å². The van der Waals surface area contributed by atoms with Crippen LogP contribution in [0.25, 0.3) is 17.0 Å². The SMILES string of the molecule is COC(=O)/C=C/c1cnc2ccc(Br)cc2c1. The maximum Gasteiger partial charge on any atom is 0.330 e. The van der Waals surface area contributed by atoms with E-state index in [0.29, 0.717) is 0 Å². The van der Waals surface area contributed by atoms with Gasteiger partial charge in [0, 0.05) is 22.1 Å². The Balaban J connectivity index is 2.37. The normalized spacial score (nSPS) is 10.9. The number of halogens is 1. The standard InChI is InChI=1S/C13H10BrNO2/c1-17-13(16)5-2-9-6-10-7-11(14)3-4-12(10)15-8-9/h2-8H,1H3/b5-2+. The molecule has 17 heavy (non-hydrogen) atoms.